The molecule has 2 heteroatoms. The van der Waals surface area contributed by atoms with Crippen molar-refractivity contribution in [3.63, 3.8) is 0 Å². The molecule has 14 heavy (non-hydrogen) atoms. The quantitative estimate of drug-likeness (QED) is 0.707. The molecule has 0 radical (unpaired) electrons. The van der Waals surface area contributed by atoms with Gasteiger partial charge in [0.05, 0.1) is 5.60 Å². The Morgan fingerprint density at radius 3 is 2.14 bits per heavy atom. The minimum atomic E-state index is 0. The number of rotatable bonds is 4. The first kappa shape index (κ1) is 12.0. The molecular weight excluding hydrogens is 174 g/mol. The van der Waals surface area contributed by atoms with Gasteiger partial charge in [-0.15, -0.1) is 0 Å². The van der Waals surface area contributed by atoms with Crippen LogP contribution in [0.3, 0.4) is 0 Å². The van der Waals surface area contributed by atoms with Gasteiger partial charge in [-0.1, -0.05) is 32.6 Å². The summed E-state index contributed by atoms with van der Waals surface area (Å²) >= 11 is 0. The summed E-state index contributed by atoms with van der Waals surface area (Å²) in [5.74, 6) is 0. The highest BCUT2D eigenvalue weighted by atomic mass is 16.5. The molecule has 0 amide bonds. The predicted molar refractivity (Wildman–Crippen MR) is 60.3 cm³/mol. The van der Waals surface area contributed by atoms with E-state index in [0.717, 1.165) is 25.9 Å². The number of nitrogens with two attached hydrogens (primary N) is 1. The number of hydrogen-bond acceptors (Lipinski definition) is 2. The molecule has 84 valence electrons. The Labute approximate surface area is 88.2 Å². The molecular formula is C12H25NO. The Kier molecular flexibility index (Phi) is 4.90. The highest BCUT2D eigenvalue weighted by Crippen LogP contribution is 2.33. The summed E-state index contributed by atoms with van der Waals surface area (Å²) in [7, 11) is 0. The van der Waals surface area contributed by atoms with E-state index in [4.69, 9.17) is 10.5 Å². The molecule has 0 aromatic carbocycles. The lowest BCUT2D eigenvalue weighted by atomic mass is 9.85. The molecule has 1 rings (SSSR count). The van der Waals surface area contributed by atoms with Crippen LogP contribution in [0, 0.1) is 0 Å². The fraction of sp³-hybridized carbons (Fsp3) is 1.00. The molecule has 0 heterocycles. The minimum absolute atomic E-state index is 0. The van der Waals surface area contributed by atoms with E-state index >= 15 is 0 Å². The molecule has 2 N–H and O–H groups in total. The van der Waals surface area contributed by atoms with Crippen molar-refractivity contribution in [3.05, 3.63) is 0 Å². The molecule has 0 spiro atoms. The van der Waals surface area contributed by atoms with Crippen LogP contribution < -0.4 is 5.73 Å². The summed E-state index contributed by atoms with van der Waals surface area (Å²) in [4.78, 5) is 0. The van der Waals surface area contributed by atoms with Crippen molar-refractivity contribution in [1.29, 1.82) is 0 Å². The van der Waals surface area contributed by atoms with Gasteiger partial charge < -0.3 is 10.5 Å². The Morgan fingerprint density at radius 1 is 1.14 bits per heavy atom. The van der Waals surface area contributed by atoms with Crippen LogP contribution in [0.15, 0.2) is 0 Å². The molecule has 0 unspecified atom stereocenters. The molecule has 1 fully saturated rings. The van der Waals surface area contributed by atoms with E-state index in [2.05, 4.69) is 13.8 Å². The maximum atomic E-state index is 6.21. The molecule has 1 aliphatic carbocycles. The van der Waals surface area contributed by atoms with E-state index in [1.807, 2.05) is 0 Å². The smallest absolute Gasteiger partial charge is 0.0832 e. The third kappa shape index (κ3) is 2.71. The van der Waals surface area contributed by atoms with Crippen molar-refractivity contribution < 1.29 is 4.74 Å². The molecule has 0 bridgehead atoms. The molecule has 0 saturated heterocycles. The van der Waals surface area contributed by atoms with Gasteiger partial charge in [-0.25, -0.2) is 0 Å². The van der Waals surface area contributed by atoms with E-state index in [1.165, 1.54) is 25.7 Å². The number of ether oxygens (including phenoxy) is 1. The molecule has 1 aliphatic rings. The predicted octanol–water partition coefficient (Wildman–Crippen LogP) is 2.85. The van der Waals surface area contributed by atoms with Gasteiger partial charge in [0.25, 0.3) is 0 Å². The third-order valence-corrected chi connectivity index (χ3v) is 3.50. The van der Waals surface area contributed by atoms with Crippen LogP contribution in [-0.4, -0.2) is 18.2 Å². The Bertz CT molecular complexity index is 150. The van der Waals surface area contributed by atoms with Crippen molar-refractivity contribution in [2.24, 2.45) is 5.73 Å². The summed E-state index contributed by atoms with van der Waals surface area (Å²) < 4.78 is 5.98. The van der Waals surface area contributed by atoms with Gasteiger partial charge in [-0.3, -0.25) is 0 Å². The highest BCUT2D eigenvalue weighted by Gasteiger charge is 2.36. The molecule has 1 atom stereocenters. The van der Waals surface area contributed by atoms with E-state index in [0.29, 0.717) is 0 Å². The molecule has 0 aromatic heterocycles. The van der Waals surface area contributed by atoms with Gasteiger partial charge in [-0.2, -0.15) is 0 Å². The van der Waals surface area contributed by atoms with E-state index in [-0.39, 0.29) is 11.6 Å². The van der Waals surface area contributed by atoms with E-state index in [9.17, 15) is 0 Å². The lowest BCUT2D eigenvalue weighted by Gasteiger charge is -2.37. The lowest BCUT2D eigenvalue weighted by molar-refractivity contribution is -0.0691. The second-order valence-corrected chi connectivity index (χ2v) is 4.43. The largest absolute Gasteiger partial charge is 0.374 e. The average Bonchev–Trinajstić information content (AvgIpc) is 2.44. The molecule has 0 aliphatic heterocycles. The normalized spacial score (nSPS) is 24.2. The fourth-order valence-corrected chi connectivity index (χ4v) is 2.61. The van der Waals surface area contributed by atoms with Crippen LogP contribution in [0.5, 0.6) is 0 Å². The monoisotopic (exact) mass is 199 g/mol. The first-order valence-electron chi connectivity index (χ1n) is 6.14. The Balaban J connectivity index is 2.66. The van der Waals surface area contributed by atoms with Gasteiger partial charge in [-0.05, 0) is 26.2 Å². The van der Waals surface area contributed by atoms with Crippen molar-refractivity contribution in [3.8, 4) is 0 Å². The summed E-state index contributed by atoms with van der Waals surface area (Å²) in [6, 6.07) is 0.223. The minimum Gasteiger partial charge on any atom is -0.374 e. The van der Waals surface area contributed by atoms with Crippen LogP contribution in [-0.2, 0) is 4.74 Å². The van der Waals surface area contributed by atoms with Crippen molar-refractivity contribution in [1.82, 2.24) is 0 Å². The Hall–Kier alpha value is -0.0800. The zero-order chi connectivity index (χ0) is 10.4. The van der Waals surface area contributed by atoms with Crippen LogP contribution in [0.25, 0.3) is 0 Å². The van der Waals surface area contributed by atoms with Gasteiger partial charge >= 0.3 is 0 Å². The zero-order valence-corrected chi connectivity index (χ0v) is 9.72. The standard InChI is InChI=1S/C12H25NO/c1-3-11(13)12(14-4-2)9-7-5-6-8-10-12/h11H,3-10,13H2,1-2H3/t11-/m1/s1. The van der Waals surface area contributed by atoms with Crippen LogP contribution in [0.4, 0.5) is 0 Å². The summed E-state index contributed by atoms with van der Waals surface area (Å²) in [6.07, 6.45) is 8.63. The fourth-order valence-electron chi connectivity index (χ4n) is 2.61. The summed E-state index contributed by atoms with van der Waals surface area (Å²) in [6.45, 7) is 5.04. The van der Waals surface area contributed by atoms with E-state index < -0.39 is 0 Å². The zero-order valence-electron chi connectivity index (χ0n) is 9.72. The van der Waals surface area contributed by atoms with Crippen molar-refractivity contribution >= 4 is 0 Å². The number of hydrogen-bond donors (Lipinski definition) is 1. The molecule has 0 aromatic rings. The summed E-state index contributed by atoms with van der Waals surface area (Å²) in [5.41, 5.74) is 6.21. The topological polar surface area (TPSA) is 35.2 Å². The van der Waals surface area contributed by atoms with Crippen LogP contribution >= 0.6 is 0 Å². The highest BCUT2D eigenvalue weighted by molar-refractivity contribution is 4.92. The second kappa shape index (κ2) is 5.72. The van der Waals surface area contributed by atoms with Crippen molar-refractivity contribution in [2.75, 3.05) is 6.61 Å². The van der Waals surface area contributed by atoms with Gasteiger partial charge in [0.15, 0.2) is 0 Å². The third-order valence-electron chi connectivity index (χ3n) is 3.50. The molecule has 1 saturated carbocycles. The lowest BCUT2D eigenvalue weighted by Crippen LogP contribution is -2.49. The van der Waals surface area contributed by atoms with E-state index in [1.54, 1.807) is 0 Å². The SMILES string of the molecule is CCOC1([C@H](N)CC)CCCCCC1. The first-order chi connectivity index (χ1) is 6.75. The Morgan fingerprint density at radius 2 is 1.71 bits per heavy atom. The van der Waals surface area contributed by atoms with Crippen molar-refractivity contribution in [2.45, 2.75) is 70.4 Å². The summed E-state index contributed by atoms with van der Waals surface area (Å²) in [5, 5.41) is 0. The molecule has 2 nitrogen and oxygen atoms in total. The van der Waals surface area contributed by atoms with Crippen LogP contribution in [0.1, 0.15) is 58.8 Å². The first-order valence-corrected chi connectivity index (χ1v) is 6.14. The second-order valence-electron chi connectivity index (χ2n) is 4.43. The van der Waals surface area contributed by atoms with Gasteiger partial charge in [0, 0.05) is 12.6 Å². The maximum absolute atomic E-state index is 6.21. The van der Waals surface area contributed by atoms with Gasteiger partial charge in [0.2, 0.25) is 0 Å². The maximum Gasteiger partial charge on any atom is 0.0832 e. The van der Waals surface area contributed by atoms with Gasteiger partial charge in [0.1, 0.15) is 0 Å². The van der Waals surface area contributed by atoms with Crippen LogP contribution in [0.2, 0.25) is 0 Å². The average molecular weight is 199 g/mol.